The quantitative estimate of drug-likeness (QED) is 0.860. The highest BCUT2D eigenvalue weighted by Crippen LogP contribution is 2.12. The summed E-state index contributed by atoms with van der Waals surface area (Å²) in [6.45, 7) is 2.38. The van der Waals surface area contributed by atoms with E-state index >= 15 is 0 Å². The van der Waals surface area contributed by atoms with Gasteiger partial charge < -0.3 is 15.5 Å². The van der Waals surface area contributed by atoms with E-state index in [0.717, 1.165) is 5.56 Å². The lowest BCUT2D eigenvalue weighted by Crippen LogP contribution is -2.60. The fourth-order valence-electron chi connectivity index (χ4n) is 2.68. The molecule has 1 aliphatic rings. The summed E-state index contributed by atoms with van der Waals surface area (Å²) in [5.41, 5.74) is 6.45. The molecule has 0 aliphatic carbocycles. The minimum atomic E-state index is -0.730. The van der Waals surface area contributed by atoms with Crippen LogP contribution >= 0.6 is 0 Å². The van der Waals surface area contributed by atoms with Gasteiger partial charge in [-0.1, -0.05) is 30.3 Å². The Bertz CT molecular complexity index is 559. The number of piperazine rings is 1. The highest BCUT2D eigenvalue weighted by atomic mass is 16.2. The van der Waals surface area contributed by atoms with Crippen LogP contribution in [0.5, 0.6) is 0 Å². The molecule has 1 atom stereocenters. The molecule has 0 saturated carbocycles. The lowest BCUT2D eigenvalue weighted by molar-refractivity contribution is -0.146. The van der Waals surface area contributed by atoms with Crippen LogP contribution in [0.2, 0.25) is 0 Å². The molecular weight excluding hydrogens is 282 g/mol. The minimum Gasteiger partial charge on any atom is -0.368 e. The number of amides is 3. The Hall–Kier alpha value is -2.37. The lowest BCUT2D eigenvalue weighted by atomic mass is 10.1. The van der Waals surface area contributed by atoms with Crippen LogP contribution in [0.15, 0.2) is 30.3 Å². The Morgan fingerprint density at radius 2 is 1.86 bits per heavy atom. The zero-order valence-electron chi connectivity index (χ0n) is 12.7. The van der Waals surface area contributed by atoms with E-state index in [9.17, 15) is 14.4 Å². The first-order valence-electron chi connectivity index (χ1n) is 7.37. The number of nitrogens with zero attached hydrogens (tertiary/aromatic N) is 2. The van der Waals surface area contributed by atoms with Gasteiger partial charge in [-0.3, -0.25) is 14.4 Å². The molecule has 6 heteroatoms. The molecule has 1 aromatic rings. The predicted molar refractivity (Wildman–Crippen MR) is 81.7 cm³/mol. The van der Waals surface area contributed by atoms with Crippen LogP contribution in [0.1, 0.15) is 18.9 Å². The molecule has 1 saturated heterocycles. The maximum Gasteiger partial charge on any atom is 0.242 e. The Balaban J connectivity index is 1.94. The third kappa shape index (κ3) is 3.84. The number of hydrogen-bond acceptors (Lipinski definition) is 3. The Kier molecular flexibility index (Phi) is 5.14. The first-order valence-corrected chi connectivity index (χ1v) is 7.37. The summed E-state index contributed by atoms with van der Waals surface area (Å²) in [6, 6.07) is 9.04. The van der Waals surface area contributed by atoms with Crippen LogP contribution in [0.3, 0.4) is 0 Å². The first kappa shape index (κ1) is 16.0. The average Bonchev–Trinajstić information content (AvgIpc) is 2.52. The monoisotopic (exact) mass is 303 g/mol. The van der Waals surface area contributed by atoms with Gasteiger partial charge in [0.15, 0.2) is 0 Å². The zero-order chi connectivity index (χ0) is 16.1. The topological polar surface area (TPSA) is 83.7 Å². The Labute approximate surface area is 129 Å². The molecule has 3 amide bonds. The van der Waals surface area contributed by atoms with Crippen LogP contribution in [0.25, 0.3) is 0 Å². The van der Waals surface area contributed by atoms with Crippen molar-refractivity contribution in [3.8, 4) is 0 Å². The summed E-state index contributed by atoms with van der Waals surface area (Å²) in [6.07, 6.45) is 1.05. The van der Waals surface area contributed by atoms with Gasteiger partial charge in [-0.15, -0.1) is 0 Å². The van der Waals surface area contributed by atoms with Crippen LogP contribution in [0.4, 0.5) is 0 Å². The van der Waals surface area contributed by atoms with Crippen molar-refractivity contribution in [3.05, 3.63) is 35.9 Å². The van der Waals surface area contributed by atoms with Crippen LogP contribution < -0.4 is 5.73 Å². The van der Waals surface area contributed by atoms with Crippen molar-refractivity contribution in [1.82, 2.24) is 9.80 Å². The normalized spacial score (nSPS) is 18.1. The highest BCUT2D eigenvalue weighted by molar-refractivity contribution is 5.87. The van der Waals surface area contributed by atoms with Crippen LogP contribution in [-0.2, 0) is 20.8 Å². The van der Waals surface area contributed by atoms with Crippen molar-refractivity contribution >= 4 is 17.7 Å². The number of carbonyl (C=O) groups excluding carboxylic acids is 3. The van der Waals surface area contributed by atoms with Gasteiger partial charge in [0.1, 0.15) is 6.04 Å². The van der Waals surface area contributed by atoms with Crippen molar-refractivity contribution in [1.29, 1.82) is 0 Å². The van der Waals surface area contributed by atoms with E-state index in [4.69, 9.17) is 5.73 Å². The molecule has 0 radical (unpaired) electrons. The van der Waals surface area contributed by atoms with E-state index in [-0.39, 0.29) is 18.4 Å². The second-order valence-corrected chi connectivity index (χ2v) is 5.46. The molecular formula is C16H21N3O3. The third-order valence-corrected chi connectivity index (χ3v) is 3.94. The second-order valence-electron chi connectivity index (χ2n) is 5.46. The van der Waals surface area contributed by atoms with Gasteiger partial charge in [0.2, 0.25) is 17.7 Å². The lowest BCUT2D eigenvalue weighted by Gasteiger charge is -2.39. The third-order valence-electron chi connectivity index (χ3n) is 3.94. The molecule has 0 unspecified atom stereocenters. The highest BCUT2D eigenvalue weighted by Gasteiger charge is 2.34. The van der Waals surface area contributed by atoms with E-state index in [1.54, 1.807) is 4.90 Å². The summed E-state index contributed by atoms with van der Waals surface area (Å²) < 4.78 is 0. The molecule has 1 aromatic carbocycles. The van der Waals surface area contributed by atoms with Crippen molar-refractivity contribution < 1.29 is 14.4 Å². The van der Waals surface area contributed by atoms with Gasteiger partial charge in [0.05, 0.1) is 6.54 Å². The number of primary amides is 1. The maximum atomic E-state index is 12.3. The van der Waals surface area contributed by atoms with Gasteiger partial charge in [-0.05, 0) is 12.0 Å². The molecule has 0 aromatic heterocycles. The first-order chi connectivity index (χ1) is 10.5. The number of aryl methyl sites for hydroxylation is 1. The van der Waals surface area contributed by atoms with Crippen molar-refractivity contribution in [2.45, 2.75) is 25.8 Å². The summed E-state index contributed by atoms with van der Waals surface area (Å²) in [5, 5.41) is 0. The van der Waals surface area contributed by atoms with Gasteiger partial charge in [-0.2, -0.15) is 0 Å². The van der Waals surface area contributed by atoms with Gasteiger partial charge in [0.25, 0.3) is 0 Å². The standard InChI is InChI=1S/C16H21N3O3/c1-12(20)19-10-9-18(11-14(19)16(17)22)15(21)8-7-13-5-3-2-4-6-13/h2-6,14H,7-11H2,1H3,(H2,17,22)/t14-/m0/s1. The molecule has 0 bridgehead atoms. The molecule has 118 valence electrons. The molecule has 0 spiro atoms. The largest absolute Gasteiger partial charge is 0.368 e. The average molecular weight is 303 g/mol. The fraction of sp³-hybridized carbons (Fsp3) is 0.438. The Morgan fingerprint density at radius 1 is 1.18 bits per heavy atom. The summed E-state index contributed by atoms with van der Waals surface area (Å²) in [7, 11) is 0. The second kappa shape index (κ2) is 7.06. The molecule has 1 heterocycles. The van der Waals surface area contributed by atoms with E-state index in [2.05, 4.69) is 0 Å². The Morgan fingerprint density at radius 3 is 2.45 bits per heavy atom. The molecule has 1 aliphatic heterocycles. The number of hydrogen-bond donors (Lipinski definition) is 1. The smallest absolute Gasteiger partial charge is 0.242 e. The van der Waals surface area contributed by atoms with E-state index in [1.165, 1.54) is 11.8 Å². The molecule has 22 heavy (non-hydrogen) atoms. The SMILES string of the molecule is CC(=O)N1CCN(C(=O)CCc2ccccc2)C[C@H]1C(N)=O. The van der Waals surface area contributed by atoms with E-state index < -0.39 is 11.9 Å². The maximum absolute atomic E-state index is 12.3. The van der Waals surface area contributed by atoms with Crippen LogP contribution in [-0.4, -0.2) is 53.2 Å². The van der Waals surface area contributed by atoms with E-state index in [1.807, 2.05) is 30.3 Å². The number of benzene rings is 1. The van der Waals surface area contributed by atoms with Crippen molar-refractivity contribution in [2.24, 2.45) is 5.73 Å². The summed E-state index contributed by atoms with van der Waals surface area (Å²) in [5.74, 6) is -0.783. The predicted octanol–water partition coefficient (Wildman–Crippen LogP) is 0.164. The minimum absolute atomic E-state index is 0.0155. The zero-order valence-corrected chi connectivity index (χ0v) is 12.7. The van der Waals surface area contributed by atoms with Gasteiger partial charge in [0, 0.05) is 26.4 Å². The molecule has 1 fully saturated rings. The fourth-order valence-corrected chi connectivity index (χ4v) is 2.68. The van der Waals surface area contributed by atoms with E-state index in [0.29, 0.717) is 25.9 Å². The van der Waals surface area contributed by atoms with Gasteiger partial charge in [-0.25, -0.2) is 0 Å². The summed E-state index contributed by atoms with van der Waals surface area (Å²) >= 11 is 0. The molecule has 2 N–H and O–H groups in total. The van der Waals surface area contributed by atoms with Crippen molar-refractivity contribution in [2.75, 3.05) is 19.6 Å². The van der Waals surface area contributed by atoms with Gasteiger partial charge >= 0.3 is 0 Å². The number of nitrogens with two attached hydrogens (primary N) is 1. The number of rotatable bonds is 4. The summed E-state index contributed by atoms with van der Waals surface area (Å²) in [4.78, 5) is 38.4. The molecule has 6 nitrogen and oxygen atoms in total. The van der Waals surface area contributed by atoms with Crippen molar-refractivity contribution in [3.63, 3.8) is 0 Å². The van der Waals surface area contributed by atoms with Crippen LogP contribution in [0, 0.1) is 0 Å². The molecule has 2 rings (SSSR count). The number of carbonyl (C=O) groups is 3.